The number of nitrogens with one attached hydrogen (secondary N) is 1. The highest BCUT2D eigenvalue weighted by atomic mass is 32.2. The quantitative estimate of drug-likeness (QED) is 0.250. The van der Waals surface area contributed by atoms with Crippen LogP contribution in [0.1, 0.15) is 69.3 Å². The van der Waals surface area contributed by atoms with E-state index in [1.54, 1.807) is 20.8 Å². The molecule has 1 heterocycles. The molecule has 1 atom stereocenters. The van der Waals surface area contributed by atoms with E-state index >= 15 is 0 Å². The van der Waals surface area contributed by atoms with Gasteiger partial charge in [-0.2, -0.15) is 16.8 Å². The standard InChI is InChI=1S/C19H31N3O10S2/c1-12(23)14-15(32-34(7,28)29)17(24)21-16(20-14)13(10-8-9-11-30-33(6,26)27)22(5)18(25)31-19(2,3)4/h13H,8-11H2,1-7H3,(H,20,21,24). The molecule has 1 rings (SSSR count). The fourth-order valence-corrected chi connectivity index (χ4v) is 3.61. The van der Waals surface area contributed by atoms with Crippen molar-refractivity contribution in [3.8, 4) is 5.75 Å². The third kappa shape index (κ3) is 10.2. The highest BCUT2D eigenvalue weighted by Gasteiger charge is 2.30. The van der Waals surface area contributed by atoms with Crippen molar-refractivity contribution in [1.29, 1.82) is 0 Å². The summed E-state index contributed by atoms with van der Waals surface area (Å²) in [4.78, 5) is 45.0. The summed E-state index contributed by atoms with van der Waals surface area (Å²) in [5.41, 5.74) is -2.37. The molecule has 34 heavy (non-hydrogen) atoms. The monoisotopic (exact) mass is 525 g/mol. The Morgan fingerprint density at radius 3 is 2.15 bits per heavy atom. The summed E-state index contributed by atoms with van der Waals surface area (Å²) >= 11 is 0. The van der Waals surface area contributed by atoms with Crippen LogP contribution in [0, 0.1) is 0 Å². The largest absolute Gasteiger partial charge is 0.444 e. The number of rotatable bonds is 11. The molecule has 194 valence electrons. The number of unbranched alkanes of at least 4 members (excludes halogenated alkanes) is 1. The van der Waals surface area contributed by atoms with Crippen LogP contribution in [0.5, 0.6) is 5.75 Å². The maximum atomic E-state index is 12.7. The number of hydrogen-bond acceptors (Lipinski definition) is 11. The van der Waals surface area contributed by atoms with E-state index in [2.05, 4.69) is 14.2 Å². The summed E-state index contributed by atoms with van der Waals surface area (Å²) in [5.74, 6) is -1.61. The van der Waals surface area contributed by atoms with Crippen LogP contribution in [0.25, 0.3) is 0 Å². The van der Waals surface area contributed by atoms with Gasteiger partial charge in [-0.3, -0.25) is 13.8 Å². The smallest absolute Gasteiger partial charge is 0.410 e. The number of carbonyl (C=O) groups is 2. The van der Waals surface area contributed by atoms with E-state index < -0.39 is 60.8 Å². The molecule has 0 spiro atoms. The Balaban J connectivity index is 3.37. The van der Waals surface area contributed by atoms with E-state index in [1.165, 1.54) is 11.9 Å². The predicted octanol–water partition coefficient (Wildman–Crippen LogP) is 1.37. The number of aromatic amines is 1. The van der Waals surface area contributed by atoms with Gasteiger partial charge in [0.25, 0.3) is 15.7 Å². The van der Waals surface area contributed by atoms with Gasteiger partial charge in [0.05, 0.1) is 25.2 Å². The summed E-state index contributed by atoms with van der Waals surface area (Å²) < 4.78 is 60.0. The zero-order valence-electron chi connectivity index (χ0n) is 20.2. The van der Waals surface area contributed by atoms with Crippen molar-refractivity contribution in [2.45, 2.75) is 58.6 Å². The minimum Gasteiger partial charge on any atom is -0.444 e. The zero-order chi connectivity index (χ0) is 26.5. The summed E-state index contributed by atoms with van der Waals surface area (Å²) in [6.45, 7) is 5.99. The summed E-state index contributed by atoms with van der Waals surface area (Å²) in [5, 5.41) is 0. The lowest BCUT2D eigenvalue weighted by Crippen LogP contribution is -2.38. The fourth-order valence-electron chi connectivity index (χ4n) is 2.73. The molecule has 15 heteroatoms. The first kappa shape index (κ1) is 29.5. The number of H-pyrrole nitrogens is 1. The van der Waals surface area contributed by atoms with Crippen molar-refractivity contribution in [3.63, 3.8) is 0 Å². The van der Waals surface area contributed by atoms with Gasteiger partial charge in [0.15, 0.2) is 11.5 Å². The van der Waals surface area contributed by atoms with Crippen molar-refractivity contribution in [1.82, 2.24) is 14.9 Å². The first-order valence-electron chi connectivity index (χ1n) is 10.2. The molecular weight excluding hydrogens is 494 g/mol. The Kier molecular flexibility index (Phi) is 9.78. The lowest BCUT2D eigenvalue weighted by Gasteiger charge is -2.30. The molecule has 0 saturated carbocycles. The van der Waals surface area contributed by atoms with Gasteiger partial charge < -0.3 is 18.8 Å². The Bertz CT molecular complexity index is 1170. The highest BCUT2D eigenvalue weighted by molar-refractivity contribution is 7.86. The van der Waals surface area contributed by atoms with Gasteiger partial charge in [-0.15, -0.1) is 0 Å². The molecule has 0 bridgehead atoms. The number of ketones is 1. The van der Waals surface area contributed by atoms with Crippen LogP contribution >= 0.6 is 0 Å². The minimum atomic E-state index is -4.13. The van der Waals surface area contributed by atoms with Crippen LogP contribution in [-0.2, 0) is 29.2 Å². The van der Waals surface area contributed by atoms with Gasteiger partial charge in [0.2, 0.25) is 5.75 Å². The number of nitrogens with zero attached hydrogens (tertiary/aromatic N) is 2. The molecule has 0 radical (unpaired) electrons. The van der Waals surface area contributed by atoms with Crippen LogP contribution in [0.3, 0.4) is 0 Å². The second-order valence-corrected chi connectivity index (χ2v) is 11.8. The third-order valence-electron chi connectivity index (χ3n) is 4.10. The molecule has 1 unspecified atom stereocenters. The Labute approximate surface area is 199 Å². The van der Waals surface area contributed by atoms with Gasteiger partial charge in [-0.1, -0.05) is 0 Å². The normalized spacial score (nSPS) is 13.3. The number of ether oxygens (including phenoxy) is 1. The predicted molar refractivity (Wildman–Crippen MR) is 122 cm³/mol. The third-order valence-corrected chi connectivity index (χ3v) is 5.16. The first-order chi connectivity index (χ1) is 15.3. The average Bonchev–Trinajstić information content (AvgIpc) is 2.62. The van der Waals surface area contributed by atoms with Crippen LogP contribution in [0.4, 0.5) is 4.79 Å². The van der Waals surface area contributed by atoms with Crippen molar-refractivity contribution in [2.24, 2.45) is 0 Å². The van der Waals surface area contributed by atoms with E-state index in [0.29, 0.717) is 19.1 Å². The van der Waals surface area contributed by atoms with Gasteiger partial charge in [0.1, 0.15) is 11.4 Å². The van der Waals surface area contributed by atoms with E-state index in [-0.39, 0.29) is 18.9 Å². The van der Waals surface area contributed by atoms with Crippen LogP contribution in [0.2, 0.25) is 0 Å². The van der Waals surface area contributed by atoms with E-state index in [4.69, 9.17) is 8.92 Å². The summed E-state index contributed by atoms with van der Waals surface area (Å²) in [6.07, 6.45) is 1.70. The van der Waals surface area contributed by atoms with Crippen LogP contribution in [0.15, 0.2) is 4.79 Å². The first-order valence-corrected chi connectivity index (χ1v) is 13.8. The number of carbonyl (C=O) groups excluding carboxylic acids is 2. The molecule has 1 aromatic heterocycles. The number of hydrogen-bond donors (Lipinski definition) is 1. The van der Waals surface area contributed by atoms with Gasteiger partial charge in [-0.05, 0) is 40.0 Å². The Morgan fingerprint density at radius 2 is 1.68 bits per heavy atom. The molecular formula is C19H31N3O10S2. The molecule has 0 aliphatic rings. The maximum absolute atomic E-state index is 12.7. The zero-order valence-corrected chi connectivity index (χ0v) is 21.8. The van der Waals surface area contributed by atoms with Gasteiger partial charge >= 0.3 is 16.2 Å². The van der Waals surface area contributed by atoms with E-state index in [9.17, 15) is 31.2 Å². The van der Waals surface area contributed by atoms with Crippen molar-refractivity contribution < 1.29 is 39.5 Å². The van der Waals surface area contributed by atoms with Crippen molar-refractivity contribution in [2.75, 3.05) is 26.2 Å². The summed E-state index contributed by atoms with van der Waals surface area (Å²) in [7, 11) is -6.34. The molecule has 0 fully saturated rings. The van der Waals surface area contributed by atoms with Crippen molar-refractivity contribution >= 4 is 32.1 Å². The number of amides is 1. The molecule has 0 aliphatic heterocycles. The van der Waals surface area contributed by atoms with Crippen LogP contribution < -0.4 is 9.74 Å². The minimum absolute atomic E-state index is 0.0918. The van der Waals surface area contributed by atoms with Crippen molar-refractivity contribution in [3.05, 3.63) is 21.9 Å². The second kappa shape index (κ2) is 11.3. The lowest BCUT2D eigenvalue weighted by molar-refractivity contribution is 0.0201. The average molecular weight is 526 g/mol. The molecule has 0 aliphatic carbocycles. The number of aromatic nitrogens is 2. The molecule has 13 nitrogen and oxygen atoms in total. The van der Waals surface area contributed by atoms with Gasteiger partial charge in [-0.25, -0.2) is 9.78 Å². The van der Waals surface area contributed by atoms with E-state index in [1.807, 2.05) is 0 Å². The molecule has 1 aromatic rings. The van der Waals surface area contributed by atoms with E-state index in [0.717, 1.165) is 13.2 Å². The Morgan fingerprint density at radius 1 is 1.09 bits per heavy atom. The molecule has 1 N–H and O–H groups in total. The van der Waals surface area contributed by atoms with Crippen LogP contribution in [-0.4, -0.2) is 75.3 Å². The maximum Gasteiger partial charge on any atom is 0.410 e. The topological polar surface area (TPSA) is 179 Å². The molecule has 0 saturated heterocycles. The van der Waals surface area contributed by atoms with Gasteiger partial charge in [0, 0.05) is 14.0 Å². The fraction of sp³-hybridized carbons (Fsp3) is 0.684. The SMILES string of the molecule is CC(=O)c1nc(C(CCCCOS(C)(=O)=O)N(C)C(=O)OC(C)(C)C)[nH]c(=O)c1OS(C)(=O)=O. The molecule has 0 aromatic carbocycles. The highest BCUT2D eigenvalue weighted by Crippen LogP contribution is 2.26. The Hall–Kier alpha value is -2.52. The molecule has 1 amide bonds. The second-order valence-electron chi connectivity index (χ2n) is 8.60. The number of Topliss-reactive ketones (excluding diaryl/α,β-unsaturated/α-hetero) is 1. The summed E-state index contributed by atoms with van der Waals surface area (Å²) in [6, 6.07) is -0.911. The lowest BCUT2D eigenvalue weighted by atomic mass is 10.1.